The van der Waals surface area contributed by atoms with Gasteiger partial charge in [-0.3, -0.25) is 14.9 Å². The van der Waals surface area contributed by atoms with E-state index in [-0.39, 0.29) is 11.9 Å². The quantitative estimate of drug-likeness (QED) is 0.774. The van der Waals surface area contributed by atoms with Crippen LogP contribution in [0.3, 0.4) is 0 Å². The number of amides is 1. The molecule has 3 rings (SSSR count). The standard InChI is InChI=1S/C19H22N4O/c1-11-5-6-18-15(7-11)10-17(14(4)21-18)19(24)20-12(2)8-16-9-13(3)22-23-16/h5-7,9-10,12H,8H2,1-4H3,(H,20,24)(H,22,23)/t12-/m0/s1. The second-order valence-electron chi connectivity index (χ2n) is 6.44. The highest BCUT2D eigenvalue weighted by Crippen LogP contribution is 2.18. The Labute approximate surface area is 141 Å². The summed E-state index contributed by atoms with van der Waals surface area (Å²) in [5, 5.41) is 11.2. The van der Waals surface area contributed by atoms with Gasteiger partial charge in [-0.05, 0) is 52.0 Å². The second-order valence-corrected chi connectivity index (χ2v) is 6.44. The van der Waals surface area contributed by atoms with Crippen LogP contribution in [-0.2, 0) is 6.42 Å². The zero-order valence-corrected chi connectivity index (χ0v) is 14.5. The topological polar surface area (TPSA) is 70.7 Å². The van der Waals surface area contributed by atoms with E-state index in [1.165, 1.54) is 0 Å². The molecule has 1 amide bonds. The molecule has 1 aromatic carbocycles. The van der Waals surface area contributed by atoms with Crippen LogP contribution in [0.1, 0.15) is 39.9 Å². The maximum absolute atomic E-state index is 12.6. The molecule has 2 N–H and O–H groups in total. The Morgan fingerprint density at radius 2 is 2.00 bits per heavy atom. The first-order valence-corrected chi connectivity index (χ1v) is 8.12. The average Bonchev–Trinajstić information content (AvgIpc) is 2.91. The summed E-state index contributed by atoms with van der Waals surface area (Å²) in [4.78, 5) is 17.2. The molecular weight excluding hydrogens is 300 g/mol. The number of H-pyrrole nitrogens is 1. The zero-order chi connectivity index (χ0) is 17.3. The van der Waals surface area contributed by atoms with Crippen LogP contribution in [0, 0.1) is 20.8 Å². The molecule has 5 nitrogen and oxygen atoms in total. The number of nitrogens with zero attached hydrogens (tertiary/aromatic N) is 2. The number of hydrogen-bond acceptors (Lipinski definition) is 3. The smallest absolute Gasteiger partial charge is 0.253 e. The molecule has 0 saturated carbocycles. The number of aryl methyl sites for hydroxylation is 3. The summed E-state index contributed by atoms with van der Waals surface area (Å²) in [6.07, 6.45) is 0.690. The molecule has 3 aromatic rings. The van der Waals surface area contributed by atoms with Gasteiger partial charge >= 0.3 is 0 Å². The SMILES string of the molecule is Cc1ccc2nc(C)c(C(=O)N[C@@H](C)Cc3cc(C)[nH]n3)cc2c1. The Hall–Kier alpha value is -2.69. The Morgan fingerprint density at radius 1 is 1.21 bits per heavy atom. The Morgan fingerprint density at radius 3 is 2.71 bits per heavy atom. The minimum Gasteiger partial charge on any atom is -0.349 e. The number of carbonyl (C=O) groups excluding carboxylic acids is 1. The molecule has 0 aliphatic rings. The third-order valence-corrected chi connectivity index (χ3v) is 4.06. The summed E-state index contributed by atoms with van der Waals surface area (Å²) in [6.45, 7) is 7.85. The predicted octanol–water partition coefficient (Wildman–Crippen LogP) is 3.24. The molecule has 0 bridgehead atoms. The van der Waals surface area contributed by atoms with Gasteiger partial charge in [0.25, 0.3) is 5.91 Å². The van der Waals surface area contributed by atoms with Gasteiger partial charge in [0.05, 0.1) is 22.5 Å². The van der Waals surface area contributed by atoms with Gasteiger partial charge in [0, 0.05) is 23.5 Å². The molecule has 0 radical (unpaired) electrons. The molecule has 0 unspecified atom stereocenters. The fraction of sp³-hybridized carbons (Fsp3) is 0.316. The molecule has 0 saturated heterocycles. The van der Waals surface area contributed by atoms with Gasteiger partial charge in [0.15, 0.2) is 0 Å². The van der Waals surface area contributed by atoms with Crippen molar-refractivity contribution in [2.24, 2.45) is 0 Å². The number of benzene rings is 1. The lowest BCUT2D eigenvalue weighted by Crippen LogP contribution is -2.34. The summed E-state index contributed by atoms with van der Waals surface area (Å²) in [5.41, 5.74) is 5.40. The minimum atomic E-state index is -0.0943. The van der Waals surface area contributed by atoms with Gasteiger partial charge in [-0.25, -0.2) is 0 Å². The van der Waals surface area contributed by atoms with Crippen molar-refractivity contribution in [3.63, 3.8) is 0 Å². The van der Waals surface area contributed by atoms with Gasteiger partial charge in [0.2, 0.25) is 0 Å². The minimum absolute atomic E-state index is 0.00666. The number of fused-ring (bicyclic) bond motifs is 1. The molecule has 0 fully saturated rings. The first-order chi connectivity index (χ1) is 11.4. The van der Waals surface area contributed by atoms with E-state index in [1.807, 2.05) is 52.0 Å². The Bertz CT molecular complexity index is 898. The second kappa shape index (κ2) is 6.43. The number of nitrogens with one attached hydrogen (secondary N) is 2. The molecule has 0 aliphatic heterocycles. The van der Waals surface area contributed by atoms with Crippen LogP contribution in [0.15, 0.2) is 30.3 Å². The summed E-state index contributed by atoms with van der Waals surface area (Å²) >= 11 is 0. The van der Waals surface area contributed by atoms with Crippen LogP contribution in [0.4, 0.5) is 0 Å². The van der Waals surface area contributed by atoms with Gasteiger partial charge in [-0.1, -0.05) is 11.6 Å². The van der Waals surface area contributed by atoms with Crippen molar-refractivity contribution in [2.45, 2.75) is 40.2 Å². The van der Waals surface area contributed by atoms with Crippen molar-refractivity contribution in [3.05, 3.63) is 58.5 Å². The van der Waals surface area contributed by atoms with E-state index >= 15 is 0 Å². The van der Waals surface area contributed by atoms with E-state index in [0.717, 1.165) is 33.5 Å². The van der Waals surface area contributed by atoms with Crippen molar-refractivity contribution < 1.29 is 4.79 Å². The third-order valence-electron chi connectivity index (χ3n) is 4.06. The molecule has 0 spiro atoms. The van der Waals surface area contributed by atoms with E-state index in [2.05, 4.69) is 26.6 Å². The first-order valence-electron chi connectivity index (χ1n) is 8.12. The van der Waals surface area contributed by atoms with Crippen LogP contribution in [0.2, 0.25) is 0 Å². The van der Waals surface area contributed by atoms with Crippen molar-refractivity contribution in [3.8, 4) is 0 Å². The molecular formula is C19H22N4O. The lowest BCUT2D eigenvalue weighted by molar-refractivity contribution is 0.0939. The van der Waals surface area contributed by atoms with E-state index in [0.29, 0.717) is 12.0 Å². The van der Waals surface area contributed by atoms with Crippen molar-refractivity contribution in [1.29, 1.82) is 0 Å². The Balaban J connectivity index is 1.78. The van der Waals surface area contributed by atoms with E-state index in [9.17, 15) is 4.79 Å². The van der Waals surface area contributed by atoms with Crippen LogP contribution < -0.4 is 5.32 Å². The van der Waals surface area contributed by atoms with Gasteiger partial charge < -0.3 is 5.32 Å². The number of pyridine rings is 1. The first kappa shape index (κ1) is 16.2. The number of rotatable bonds is 4. The van der Waals surface area contributed by atoms with E-state index < -0.39 is 0 Å². The zero-order valence-electron chi connectivity index (χ0n) is 14.5. The summed E-state index contributed by atoms with van der Waals surface area (Å²) in [6, 6.07) is 9.98. The van der Waals surface area contributed by atoms with Crippen LogP contribution in [0.5, 0.6) is 0 Å². The maximum atomic E-state index is 12.6. The summed E-state index contributed by atoms with van der Waals surface area (Å²) in [7, 11) is 0. The molecule has 1 atom stereocenters. The van der Waals surface area contributed by atoms with Crippen LogP contribution in [-0.4, -0.2) is 27.1 Å². The van der Waals surface area contributed by atoms with E-state index in [4.69, 9.17) is 0 Å². The summed E-state index contributed by atoms with van der Waals surface area (Å²) in [5.74, 6) is -0.0943. The van der Waals surface area contributed by atoms with Crippen molar-refractivity contribution >= 4 is 16.8 Å². The van der Waals surface area contributed by atoms with Gasteiger partial charge in [0.1, 0.15) is 0 Å². The summed E-state index contributed by atoms with van der Waals surface area (Å²) < 4.78 is 0. The van der Waals surface area contributed by atoms with Crippen molar-refractivity contribution in [1.82, 2.24) is 20.5 Å². The largest absolute Gasteiger partial charge is 0.349 e. The number of hydrogen-bond donors (Lipinski definition) is 2. The molecule has 124 valence electrons. The molecule has 2 heterocycles. The maximum Gasteiger partial charge on any atom is 0.253 e. The Kier molecular flexibility index (Phi) is 4.34. The third kappa shape index (κ3) is 3.45. The average molecular weight is 322 g/mol. The molecule has 5 heteroatoms. The van der Waals surface area contributed by atoms with E-state index in [1.54, 1.807) is 0 Å². The van der Waals surface area contributed by atoms with Gasteiger partial charge in [-0.15, -0.1) is 0 Å². The fourth-order valence-electron chi connectivity index (χ4n) is 2.87. The normalized spacial score (nSPS) is 12.3. The van der Waals surface area contributed by atoms with Crippen molar-refractivity contribution in [2.75, 3.05) is 0 Å². The highest BCUT2D eigenvalue weighted by molar-refractivity contribution is 5.98. The predicted molar refractivity (Wildman–Crippen MR) is 95.2 cm³/mol. The number of carbonyl (C=O) groups is 1. The molecule has 2 aromatic heterocycles. The van der Waals surface area contributed by atoms with Crippen LogP contribution >= 0.6 is 0 Å². The van der Waals surface area contributed by atoms with Gasteiger partial charge in [-0.2, -0.15) is 5.10 Å². The fourth-order valence-corrected chi connectivity index (χ4v) is 2.87. The lowest BCUT2D eigenvalue weighted by atomic mass is 10.1. The molecule has 0 aliphatic carbocycles. The number of aromatic nitrogens is 3. The highest BCUT2D eigenvalue weighted by atomic mass is 16.1. The highest BCUT2D eigenvalue weighted by Gasteiger charge is 2.15. The monoisotopic (exact) mass is 322 g/mol. The number of aromatic amines is 1. The molecule has 24 heavy (non-hydrogen) atoms. The lowest BCUT2D eigenvalue weighted by Gasteiger charge is -2.14. The van der Waals surface area contributed by atoms with Crippen LogP contribution in [0.25, 0.3) is 10.9 Å².